The zero-order chi connectivity index (χ0) is 15.6. The summed E-state index contributed by atoms with van der Waals surface area (Å²) in [5.74, 6) is 0.235. The van der Waals surface area contributed by atoms with Crippen molar-refractivity contribution >= 4 is 33.2 Å². The molecule has 2 aromatic carbocycles. The van der Waals surface area contributed by atoms with Gasteiger partial charge in [0.25, 0.3) is 5.91 Å². The summed E-state index contributed by atoms with van der Waals surface area (Å²) in [7, 11) is 1.52. The minimum absolute atomic E-state index is 0.257. The SMILES string of the molecule is COc1cccc(C(=O)Nc2cc(C)c(Br)c(C)c2)c1N. The molecule has 2 aromatic rings. The van der Waals surface area contributed by atoms with Crippen LogP contribution in [0.5, 0.6) is 5.75 Å². The number of hydrogen-bond acceptors (Lipinski definition) is 3. The standard InChI is InChI=1S/C16H17BrN2O2/c1-9-7-11(8-10(2)14(9)17)19-16(20)12-5-4-6-13(21-3)15(12)18/h4-8H,18H2,1-3H3,(H,19,20). The number of carbonyl (C=O) groups excluding carboxylic acids is 1. The fraction of sp³-hybridized carbons (Fsp3) is 0.188. The second-order valence-corrected chi connectivity index (χ2v) is 5.59. The van der Waals surface area contributed by atoms with Crippen LogP contribution in [0.2, 0.25) is 0 Å². The van der Waals surface area contributed by atoms with Crippen LogP contribution >= 0.6 is 15.9 Å². The molecule has 0 saturated carbocycles. The number of carbonyl (C=O) groups is 1. The molecule has 0 spiro atoms. The lowest BCUT2D eigenvalue weighted by atomic mass is 10.1. The van der Waals surface area contributed by atoms with Crippen molar-refractivity contribution in [2.45, 2.75) is 13.8 Å². The topological polar surface area (TPSA) is 64.3 Å². The Balaban J connectivity index is 2.30. The summed E-state index contributed by atoms with van der Waals surface area (Å²) in [4.78, 5) is 12.4. The summed E-state index contributed by atoms with van der Waals surface area (Å²) in [5.41, 5.74) is 9.53. The van der Waals surface area contributed by atoms with Gasteiger partial charge in [-0.3, -0.25) is 4.79 Å². The van der Waals surface area contributed by atoms with Crippen LogP contribution in [0.3, 0.4) is 0 Å². The van der Waals surface area contributed by atoms with Crippen molar-refractivity contribution in [2.75, 3.05) is 18.2 Å². The summed E-state index contributed by atoms with van der Waals surface area (Å²) in [5, 5.41) is 2.86. The molecule has 110 valence electrons. The Hall–Kier alpha value is -2.01. The molecule has 0 radical (unpaired) electrons. The number of anilines is 2. The Kier molecular flexibility index (Phi) is 4.53. The summed E-state index contributed by atoms with van der Waals surface area (Å²) >= 11 is 3.51. The van der Waals surface area contributed by atoms with E-state index in [1.165, 1.54) is 7.11 Å². The van der Waals surface area contributed by atoms with Gasteiger partial charge in [0.15, 0.2) is 0 Å². The minimum atomic E-state index is -0.257. The highest BCUT2D eigenvalue weighted by Crippen LogP contribution is 2.28. The van der Waals surface area contributed by atoms with Gasteiger partial charge in [0.05, 0.1) is 18.4 Å². The van der Waals surface area contributed by atoms with Crippen LogP contribution in [-0.2, 0) is 0 Å². The molecule has 0 bridgehead atoms. The van der Waals surface area contributed by atoms with Gasteiger partial charge in [-0.05, 0) is 49.2 Å². The van der Waals surface area contributed by atoms with E-state index < -0.39 is 0 Å². The molecule has 21 heavy (non-hydrogen) atoms. The number of hydrogen-bond donors (Lipinski definition) is 2. The van der Waals surface area contributed by atoms with Crippen LogP contribution in [0.1, 0.15) is 21.5 Å². The van der Waals surface area contributed by atoms with Gasteiger partial charge in [-0.15, -0.1) is 0 Å². The van der Waals surface area contributed by atoms with E-state index in [4.69, 9.17) is 10.5 Å². The monoisotopic (exact) mass is 348 g/mol. The van der Waals surface area contributed by atoms with Crippen molar-refractivity contribution in [2.24, 2.45) is 0 Å². The van der Waals surface area contributed by atoms with Crippen LogP contribution in [0.4, 0.5) is 11.4 Å². The Morgan fingerprint density at radius 1 is 1.24 bits per heavy atom. The first-order valence-corrected chi connectivity index (χ1v) is 7.24. The summed E-state index contributed by atoms with van der Waals surface area (Å²) in [6.45, 7) is 3.96. The van der Waals surface area contributed by atoms with Gasteiger partial charge in [0.2, 0.25) is 0 Å². The van der Waals surface area contributed by atoms with E-state index >= 15 is 0 Å². The van der Waals surface area contributed by atoms with E-state index in [2.05, 4.69) is 21.2 Å². The zero-order valence-corrected chi connectivity index (χ0v) is 13.7. The van der Waals surface area contributed by atoms with Crippen LogP contribution in [0.25, 0.3) is 0 Å². The third kappa shape index (κ3) is 3.19. The Bertz CT molecular complexity index is 676. The normalized spacial score (nSPS) is 10.3. The molecular weight excluding hydrogens is 332 g/mol. The highest BCUT2D eigenvalue weighted by Gasteiger charge is 2.14. The largest absolute Gasteiger partial charge is 0.495 e. The molecule has 4 nitrogen and oxygen atoms in total. The van der Waals surface area contributed by atoms with Crippen LogP contribution in [-0.4, -0.2) is 13.0 Å². The van der Waals surface area contributed by atoms with E-state index in [0.717, 1.165) is 21.3 Å². The van der Waals surface area contributed by atoms with E-state index in [9.17, 15) is 4.79 Å². The first-order valence-electron chi connectivity index (χ1n) is 6.44. The second kappa shape index (κ2) is 6.18. The van der Waals surface area contributed by atoms with Crippen molar-refractivity contribution < 1.29 is 9.53 Å². The van der Waals surface area contributed by atoms with Crippen LogP contribution in [0.15, 0.2) is 34.8 Å². The average Bonchev–Trinajstić information content (AvgIpc) is 2.44. The van der Waals surface area contributed by atoms with E-state index in [1.807, 2.05) is 26.0 Å². The van der Waals surface area contributed by atoms with Crippen LogP contribution in [0, 0.1) is 13.8 Å². The van der Waals surface area contributed by atoms with Gasteiger partial charge >= 0.3 is 0 Å². The van der Waals surface area contributed by atoms with Gasteiger partial charge in [0.1, 0.15) is 5.75 Å². The zero-order valence-electron chi connectivity index (χ0n) is 12.2. The second-order valence-electron chi connectivity index (χ2n) is 4.80. The molecule has 0 fully saturated rings. The number of halogens is 1. The van der Waals surface area contributed by atoms with Gasteiger partial charge < -0.3 is 15.8 Å². The summed E-state index contributed by atoms with van der Waals surface area (Å²) in [6.07, 6.45) is 0. The molecular formula is C16H17BrN2O2. The molecule has 5 heteroatoms. The number of benzene rings is 2. The predicted molar refractivity (Wildman–Crippen MR) is 89.0 cm³/mol. The van der Waals surface area contributed by atoms with Gasteiger partial charge in [0, 0.05) is 10.2 Å². The average molecular weight is 349 g/mol. The Labute approximate surface area is 132 Å². The molecule has 0 aliphatic carbocycles. The maximum absolute atomic E-state index is 12.4. The van der Waals surface area contributed by atoms with Crippen molar-refractivity contribution in [3.63, 3.8) is 0 Å². The summed E-state index contributed by atoms with van der Waals surface area (Å²) in [6, 6.07) is 8.95. The number of aryl methyl sites for hydroxylation is 2. The highest BCUT2D eigenvalue weighted by molar-refractivity contribution is 9.10. The van der Waals surface area contributed by atoms with Crippen molar-refractivity contribution in [1.29, 1.82) is 0 Å². The number of nitrogens with two attached hydrogens (primary N) is 1. The molecule has 0 aliphatic rings. The van der Waals surface area contributed by atoms with Crippen molar-refractivity contribution in [3.8, 4) is 5.75 Å². The number of ether oxygens (including phenoxy) is 1. The molecule has 0 atom stereocenters. The molecule has 0 unspecified atom stereocenters. The van der Waals surface area contributed by atoms with Gasteiger partial charge in [-0.1, -0.05) is 22.0 Å². The molecule has 0 saturated heterocycles. The minimum Gasteiger partial charge on any atom is -0.495 e. The quantitative estimate of drug-likeness (QED) is 0.826. The highest BCUT2D eigenvalue weighted by atomic mass is 79.9. The number of rotatable bonds is 3. The third-order valence-electron chi connectivity index (χ3n) is 3.22. The van der Waals surface area contributed by atoms with Crippen LogP contribution < -0.4 is 15.8 Å². The lowest BCUT2D eigenvalue weighted by Gasteiger charge is -2.12. The van der Waals surface area contributed by atoms with Crippen molar-refractivity contribution in [1.82, 2.24) is 0 Å². The van der Waals surface area contributed by atoms with E-state index in [-0.39, 0.29) is 5.91 Å². The number of nitrogens with one attached hydrogen (secondary N) is 1. The lowest BCUT2D eigenvalue weighted by Crippen LogP contribution is -2.14. The molecule has 0 heterocycles. The van der Waals surface area contributed by atoms with Gasteiger partial charge in [-0.25, -0.2) is 0 Å². The molecule has 3 N–H and O–H groups in total. The smallest absolute Gasteiger partial charge is 0.257 e. The first-order chi connectivity index (χ1) is 9.93. The number of para-hydroxylation sites is 1. The number of amides is 1. The van der Waals surface area contributed by atoms with E-state index in [1.54, 1.807) is 18.2 Å². The number of methoxy groups -OCH3 is 1. The molecule has 1 amide bonds. The number of nitrogen functional groups attached to an aromatic ring is 1. The predicted octanol–water partition coefficient (Wildman–Crippen LogP) is 3.91. The third-order valence-corrected chi connectivity index (χ3v) is 4.48. The first kappa shape index (κ1) is 15.4. The molecule has 2 rings (SSSR count). The molecule has 0 aromatic heterocycles. The fourth-order valence-electron chi connectivity index (χ4n) is 2.14. The van der Waals surface area contributed by atoms with Crippen molar-refractivity contribution in [3.05, 3.63) is 51.5 Å². The Morgan fingerprint density at radius 3 is 2.43 bits per heavy atom. The Morgan fingerprint density at radius 2 is 1.86 bits per heavy atom. The maximum atomic E-state index is 12.4. The fourth-order valence-corrected chi connectivity index (χ4v) is 2.37. The summed E-state index contributed by atoms with van der Waals surface area (Å²) < 4.78 is 6.17. The molecule has 0 aliphatic heterocycles. The lowest BCUT2D eigenvalue weighted by molar-refractivity contribution is 0.102. The maximum Gasteiger partial charge on any atom is 0.257 e. The van der Waals surface area contributed by atoms with E-state index in [0.29, 0.717) is 17.0 Å². The van der Waals surface area contributed by atoms with Gasteiger partial charge in [-0.2, -0.15) is 0 Å².